The van der Waals surface area contributed by atoms with Gasteiger partial charge in [-0.15, -0.1) is 0 Å². The number of hydrogen-bond donors (Lipinski definition) is 2. The van der Waals surface area contributed by atoms with E-state index in [9.17, 15) is 13.9 Å². The Morgan fingerprint density at radius 3 is 2.93 bits per heavy atom. The van der Waals surface area contributed by atoms with E-state index >= 15 is 0 Å². The van der Waals surface area contributed by atoms with Crippen LogP contribution in [0.5, 0.6) is 0 Å². The number of nitrogens with two attached hydrogens (primary N) is 1. The van der Waals surface area contributed by atoms with Gasteiger partial charge in [-0.1, -0.05) is 0 Å². The lowest BCUT2D eigenvalue weighted by Gasteiger charge is -2.41. The van der Waals surface area contributed by atoms with Gasteiger partial charge in [-0.2, -0.15) is 5.10 Å². The van der Waals surface area contributed by atoms with Crippen LogP contribution in [0.4, 0.5) is 8.78 Å². The molecule has 1 saturated heterocycles. The van der Waals surface area contributed by atoms with Gasteiger partial charge in [0.25, 0.3) is 0 Å². The summed E-state index contributed by atoms with van der Waals surface area (Å²) in [6.45, 7) is 4.14. The number of allylic oxidation sites excluding steroid dienone is 3. The predicted octanol–water partition coefficient (Wildman–Crippen LogP) is 1.79. The Morgan fingerprint density at radius 1 is 1.37 bits per heavy atom. The van der Waals surface area contributed by atoms with Crippen LogP contribution in [0.3, 0.4) is 0 Å². The van der Waals surface area contributed by atoms with Gasteiger partial charge >= 0.3 is 0 Å². The van der Waals surface area contributed by atoms with Gasteiger partial charge in [-0.05, 0) is 25.5 Å². The van der Waals surface area contributed by atoms with Gasteiger partial charge in [0.05, 0.1) is 37.3 Å². The molecule has 1 unspecified atom stereocenters. The maximum atomic E-state index is 14.1. The van der Waals surface area contributed by atoms with E-state index in [1.54, 1.807) is 6.92 Å². The fourth-order valence-corrected chi connectivity index (χ4v) is 4.37. The molecule has 2 aliphatic heterocycles. The third-order valence-corrected chi connectivity index (χ3v) is 5.75. The van der Waals surface area contributed by atoms with Crippen LogP contribution in [-0.2, 0) is 24.4 Å². The van der Waals surface area contributed by atoms with E-state index < -0.39 is 18.1 Å². The Kier molecular flexibility index (Phi) is 5.15. The number of ether oxygens (including phenoxy) is 1. The Balaban J connectivity index is 1.39. The maximum Gasteiger partial charge on any atom is 0.106 e. The number of aromatic nitrogens is 2. The summed E-state index contributed by atoms with van der Waals surface area (Å²) in [5.41, 5.74) is 8.58. The molecule has 1 fully saturated rings. The van der Waals surface area contributed by atoms with Crippen molar-refractivity contribution in [2.45, 2.75) is 63.7 Å². The Hall–Kier alpha value is -1.61. The quantitative estimate of drug-likeness (QED) is 0.833. The van der Waals surface area contributed by atoms with E-state index in [2.05, 4.69) is 10.00 Å². The summed E-state index contributed by atoms with van der Waals surface area (Å²) in [6, 6.07) is -0.226. The number of halogens is 2. The fourth-order valence-electron chi connectivity index (χ4n) is 4.37. The van der Waals surface area contributed by atoms with E-state index in [0.717, 1.165) is 24.3 Å². The first-order chi connectivity index (χ1) is 12.9. The van der Waals surface area contributed by atoms with Gasteiger partial charge in [0.1, 0.15) is 11.7 Å². The normalized spacial score (nSPS) is 32.8. The SMILES string of the molecule is C[C@H](O)Cn1ncc2c1CN([C@H]1CO[C@H](C3CC(F)=CC=C3F)[C@@H](N)C1)C2. The Labute approximate surface area is 157 Å². The fraction of sp³-hybridized carbons (Fsp3) is 0.632. The molecule has 0 amide bonds. The smallest absolute Gasteiger partial charge is 0.106 e. The summed E-state index contributed by atoms with van der Waals surface area (Å²) in [7, 11) is 0. The molecule has 3 aliphatic rings. The van der Waals surface area contributed by atoms with E-state index in [0.29, 0.717) is 19.6 Å². The molecule has 0 radical (unpaired) electrons. The van der Waals surface area contributed by atoms with Crippen LogP contribution in [0.25, 0.3) is 0 Å². The maximum absolute atomic E-state index is 14.1. The summed E-state index contributed by atoms with van der Waals surface area (Å²) in [5, 5.41) is 14.0. The third-order valence-electron chi connectivity index (χ3n) is 5.75. The van der Waals surface area contributed by atoms with Crippen molar-refractivity contribution in [3.8, 4) is 0 Å². The molecule has 0 saturated carbocycles. The van der Waals surface area contributed by atoms with Crippen molar-refractivity contribution in [3.05, 3.63) is 41.3 Å². The number of hydrogen-bond acceptors (Lipinski definition) is 5. The molecule has 3 N–H and O–H groups in total. The van der Waals surface area contributed by atoms with Crippen molar-refractivity contribution in [2.75, 3.05) is 6.61 Å². The van der Waals surface area contributed by atoms with Gasteiger partial charge in [0.15, 0.2) is 0 Å². The van der Waals surface area contributed by atoms with Gasteiger partial charge in [0.2, 0.25) is 0 Å². The summed E-state index contributed by atoms with van der Waals surface area (Å²) in [6.07, 6.45) is 3.92. The van der Waals surface area contributed by atoms with Gasteiger partial charge in [-0.25, -0.2) is 8.78 Å². The molecule has 148 valence electrons. The Morgan fingerprint density at radius 2 is 2.19 bits per heavy atom. The van der Waals surface area contributed by atoms with Crippen LogP contribution in [-0.4, -0.2) is 50.7 Å². The molecule has 27 heavy (non-hydrogen) atoms. The zero-order valence-corrected chi connectivity index (χ0v) is 15.4. The van der Waals surface area contributed by atoms with E-state index in [1.807, 2.05) is 10.9 Å². The van der Waals surface area contributed by atoms with E-state index in [-0.39, 0.29) is 30.2 Å². The van der Waals surface area contributed by atoms with Crippen LogP contribution in [0.15, 0.2) is 30.0 Å². The summed E-state index contributed by atoms with van der Waals surface area (Å²) in [4.78, 5) is 2.29. The molecule has 0 bridgehead atoms. The van der Waals surface area contributed by atoms with Crippen LogP contribution in [0.2, 0.25) is 0 Å². The lowest BCUT2D eigenvalue weighted by Crippen LogP contribution is -2.53. The Bertz CT molecular complexity index is 761. The molecule has 1 aromatic heterocycles. The molecule has 8 heteroatoms. The van der Waals surface area contributed by atoms with E-state index in [1.165, 1.54) is 12.2 Å². The molecule has 6 nitrogen and oxygen atoms in total. The minimum absolute atomic E-state index is 0.00962. The molecule has 0 aromatic carbocycles. The first-order valence-electron chi connectivity index (χ1n) is 9.47. The van der Waals surface area contributed by atoms with Crippen LogP contribution in [0.1, 0.15) is 31.0 Å². The lowest BCUT2D eigenvalue weighted by atomic mass is 9.85. The second kappa shape index (κ2) is 7.43. The van der Waals surface area contributed by atoms with Gasteiger partial charge in [-0.3, -0.25) is 9.58 Å². The standard InChI is InChI=1S/C19H26F2N4O2/c1-11(26)7-25-18-9-24(8-12(18)6-23-25)14-5-17(22)19(27-10-14)15-4-13(20)2-3-16(15)21/h2-3,6,11,14-15,17,19,26H,4-5,7-10,22H2,1H3/t11-,14+,15?,17-,19+/m0/s1. The van der Waals surface area contributed by atoms with Crippen molar-refractivity contribution in [1.82, 2.24) is 14.7 Å². The lowest BCUT2D eigenvalue weighted by molar-refractivity contribution is -0.0730. The first-order valence-corrected chi connectivity index (χ1v) is 9.47. The predicted molar refractivity (Wildman–Crippen MR) is 95.8 cm³/mol. The second-order valence-corrected chi connectivity index (χ2v) is 7.88. The highest BCUT2D eigenvalue weighted by molar-refractivity contribution is 5.24. The van der Waals surface area contributed by atoms with Crippen LogP contribution in [0, 0.1) is 5.92 Å². The van der Waals surface area contributed by atoms with Crippen LogP contribution < -0.4 is 5.73 Å². The monoisotopic (exact) mass is 380 g/mol. The molecule has 1 aliphatic carbocycles. The highest BCUT2D eigenvalue weighted by atomic mass is 19.1. The van der Waals surface area contributed by atoms with Crippen molar-refractivity contribution < 1.29 is 18.6 Å². The summed E-state index contributed by atoms with van der Waals surface area (Å²) in [5.74, 6) is -1.33. The molecule has 3 heterocycles. The first kappa shape index (κ1) is 18.7. The van der Waals surface area contributed by atoms with Crippen molar-refractivity contribution in [2.24, 2.45) is 11.7 Å². The third kappa shape index (κ3) is 3.71. The molecule has 1 aromatic rings. The highest BCUT2D eigenvalue weighted by Crippen LogP contribution is 2.36. The topological polar surface area (TPSA) is 76.5 Å². The zero-order chi connectivity index (χ0) is 19.1. The number of fused-ring (bicyclic) bond motifs is 1. The van der Waals surface area contributed by atoms with Gasteiger partial charge in [0, 0.05) is 43.1 Å². The summed E-state index contributed by atoms with van der Waals surface area (Å²) < 4.78 is 35.5. The molecule has 5 atom stereocenters. The highest BCUT2D eigenvalue weighted by Gasteiger charge is 2.40. The zero-order valence-electron chi connectivity index (χ0n) is 15.4. The number of aliphatic hydroxyl groups excluding tert-OH is 1. The van der Waals surface area contributed by atoms with Crippen molar-refractivity contribution in [3.63, 3.8) is 0 Å². The van der Waals surface area contributed by atoms with E-state index in [4.69, 9.17) is 10.5 Å². The molecule has 0 spiro atoms. The summed E-state index contributed by atoms with van der Waals surface area (Å²) >= 11 is 0. The average Bonchev–Trinajstić information content (AvgIpc) is 3.19. The largest absolute Gasteiger partial charge is 0.391 e. The number of rotatable bonds is 4. The minimum atomic E-state index is -0.638. The second-order valence-electron chi connectivity index (χ2n) is 7.88. The van der Waals surface area contributed by atoms with Crippen molar-refractivity contribution in [1.29, 1.82) is 0 Å². The number of nitrogens with zero attached hydrogens (tertiary/aromatic N) is 3. The van der Waals surface area contributed by atoms with Gasteiger partial charge < -0.3 is 15.6 Å². The molecular formula is C19H26F2N4O2. The minimum Gasteiger partial charge on any atom is -0.391 e. The average molecular weight is 380 g/mol. The number of aliphatic hydroxyl groups is 1. The molecule has 4 rings (SSSR count). The van der Waals surface area contributed by atoms with Crippen LogP contribution >= 0.6 is 0 Å². The molecular weight excluding hydrogens is 354 g/mol. The van der Waals surface area contributed by atoms with Crippen molar-refractivity contribution >= 4 is 0 Å².